The minimum absolute atomic E-state index is 0.0221. The molecule has 0 spiro atoms. The molecule has 1 N–H and O–H groups in total. The average Bonchev–Trinajstić information content (AvgIpc) is 3.47. The van der Waals surface area contributed by atoms with Crippen molar-refractivity contribution in [1.82, 2.24) is 5.32 Å². The number of benzene rings is 2. The highest BCUT2D eigenvalue weighted by atomic mass is 16.5. The molecule has 2 amide bonds. The van der Waals surface area contributed by atoms with Crippen molar-refractivity contribution in [2.24, 2.45) is 11.8 Å². The Bertz CT molecular complexity index is 832. The first-order valence-electron chi connectivity index (χ1n) is 9.45. The van der Waals surface area contributed by atoms with Crippen LogP contribution < -0.4 is 15.0 Å². The number of carbonyl (C=O) groups excluding carboxylic acids is 2. The van der Waals surface area contributed by atoms with Crippen molar-refractivity contribution in [1.29, 1.82) is 0 Å². The number of hydrogen-bond donors (Lipinski definition) is 1. The van der Waals surface area contributed by atoms with Crippen molar-refractivity contribution < 1.29 is 14.3 Å². The molecule has 0 aromatic heterocycles. The van der Waals surface area contributed by atoms with E-state index >= 15 is 0 Å². The fourth-order valence-electron chi connectivity index (χ4n) is 3.75. The third-order valence-electron chi connectivity index (χ3n) is 5.41. The SMILES string of the molecule is COc1cccc(N2C[C@H](C(=O)N[C@@H](c3ccccc3)C3CC3)CC2=O)c1. The normalized spacial score (nSPS) is 20.4. The summed E-state index contributed by atoms with van der Waals surface area (Å²) in [4.78, 5) is 27.1. The molecule has 4 rings (SSSR count). The van der Waals surface area contributed by atoms with Crippen LogP contribution >= 0.6 is 0 Å². The summed E-state index contributed by atoms with van der Waals surface area (Å²) < 4.78 is 5.24. The van der Waals surface area contributed by atoms with Gasteiger partial charge in [0, 0.05) is 24.7 Å². The number of rotatable bonds is 6. The fourth-order valence-corrected chi connectivity index (χ4v) is 3.75. The zero-order valence-corrected chi connectivity index (χ0v) is 15.4. The molecule has 0 unspecified atom stereocenters. The van der Waals surface area contributed by atoms with E-state index in [-0.39, 0.29) is 30.2 Å². The van der Waals surface area contributed by atoms with E-state index in [1.165, 1.54) is 0 Å². The van der Waals surface area contributed by atoms with Gasteiger partial charge >= 0.3 is 0 Å². The molecule has 1 aliphatic heterocycles. The zero-order valence-electron chi connectivity index (χ0n) is 15.4. The van der Waals surface area contributed by atoms with Gasteiger partial charge in [0.1, 0.15) is 5.75 Å². The molecule has 1 heterocycles. The van der Waals surface area contributed by atoms with Crippen LogP contribution in [0.4, 0.5) is 5.69 Å². The van der Waals surface area contributed by atoms with Crippen molar-refractivity contribution in [3.05, 3.63) is 60.2 Å². The summed E-state index contributed by atoms with van der Waals surface area (Å²) >= 11 is 0. The van der Waals surface area contributed by atoms with Crippen LogP contribution in [0.3, 0.4) is 0 Å². The first-order valence-corrected chi connectivity index (χ1v) is 9.45. The number of carbonyl (C=O) groups is 2. The molecule has 1 saturated carbocycles. The zero-order chi connectivity index (χ0) is 18.8. The summed E-state index contributed by atoms with van der Waals surface area (Å²) in [6, 6.07) is 17.5. The Hall–Kier alpha value is -2.82. The maximum atomic E-state index is 12.9. The monoisotopic (exact) mass is 364 g/mol. The van der Waals surface area contributed by atoms with Gasteiger partial charge < -0.3 is 15.0 Å². The molecule has 2 fully saturated rings. The van der Waals surface area contributed by atoms with E-state index in [2.05, 4.69) is 17.4 Å². The van der Waals surface area contributed by atoms with Gasteiger partial charge in [0.05, 0.1) is 19.1 Å². The van der Waals surface area contributed by atoms with E-state index in [4.69, 9.17) is 4.74 Å². The molecule has 0 bridgehead atoms. The van der Waals surface area contributed by atoms with Crippen LogP contribution in [-0.4, -0.2) is 25.5 Å². The van der Waals surface area contributed by atoms with Gasteiger partial charge in [-0.15, -0.1) is 0 Å². The average molecular weight is 364 g/mol. The van der Waals surface area contributed by atoms with Crippen molar-refractivity contribution in [2.75, 3.05) is 18.6 Å². The van der Waals surface area contributed by atoms with Crippen LogP contribution in [0.2, 0.25) is 0 Å². The summed E-state index contributed by atoms with van der Waals surface area (Å²) in [6.07, 6.45) is 2.52. The van der Waals surface area contributed by atoms with E-state index in [9.17, 15) is 9.59 Å². The van der Waals surface area contributed by atoms with E-state index < -0.39 is 0 Å². The predicted octanol–water partition coefficient (Wildman–Crippen LogP) is 3.32. The predicted molar refractivity (Wildman–Crippen MR) is 104 cm³/mol. The number of methoxy groups -OCH3 is 1. The maximum Gasteiger partial charge on any atom is 0.227 e. The third kappa shape index (κ3) is 3.82. The molecular formula is C22H24N2O3. The lowest BCUT2D eigenvalue weighted by Gasteiger charge is -2.21. The van der Waals surface area contributed by atoms with E-state index in [1.54, 1.807) is 12.0 Å². The second-order valence-electron chi connectivity index (χ2n) is 7.34. The fraction of sp³-hybridized carbons (Fsp3) is 0.364. The summed E-state index contributed by atoms with van der Waals surface area (Å²) in [5.74, 6) is 0.822. The van der Waals surface area contributed by atoms with Crippen LogP contribution in [0.25, 0.3) is 0 Å². The van der Waals surface area contributed by atoms with Gasteiger partial charge in [0.25, 0.3) is 0 Å². The summed E-state index contributed by atoms with van der Waals surface area (Å²) in [7, 11) is 1.60. The van der Waals surface area contributed by atoms with Crippen LogP contribution in [0, 0.1) is 11.8 Å². The molecule has 2 aromatic rings. The molecule has 2 aliphatic rings. The van der Waals surface area contributed by atoms with E-state index in [0.29, 0.717) is 18.2 Å². The molecule has 2 aromatic carbocycles. The van der Waals surface area contributed by atoms with Gasteiger partial charge in [0.2, 0.25) is 11.8 Å². The highest BCUT2D eigenvalue weighted by Gasteiger charge is 2.39. The lowest BCUT2D eigenvalue weighted by atomic mass is 10.0. The number of amides is 2. The molecule has 2 atom stereocenters. The molecule has 5 nitrogen and oxygen atoms in total. The van der Waals surface area contributed by atoms with Crippen LogP contribution in [0.15, 0.2) is 54.6 Å². The smallest absolute Gasteiger partial charge is 0.227 e. The van der Waals surface area contributed by atoms with E-state index in [1.807, 2.05) is 42.5 Å². The standard InChI is InChI=1S/C22H24N2O3/c1-27-19-9-5-8-18(13-19)24-14-17(12-20(24)25)22(26)23-21(16-10-11-16)15-6-3-2-4-7-15/h2-9,13,16-17,21H,10-12,14H2,1H3,(H,23,26)/t17-,21+/m1/s1. The summed E-state index contributed by atoms with van der Waals surface area (Å²) in [6.45, 7) is 0.407. The Kier molecular flexibility index (Phi) is 4.84. The van der Waals surface area contributed by atoms with Crippen molar-refractivity contribution in [3.63, 3.8) is 0 Å². The van der Waals surface area contributed by atoms with Crippen LogP contribution in [0.5, 0.6) is 5.75 Å². The molecule has 0 radical (unpaired) electrons. The van der Waals surface area contributed by atoms with Gasteiger partial charge in [-0.1, -0.05) is 36.4 Å². The number of nitrogens with zero attached hydrogens (tertiary/aromatic N) is 1. The summed E-state index contributed by atoms with van der Waals surface area (Å²) in [5, 5.41) is 3.21. The third-order valence-corrected chi connectivity index (χ3v) is 5.41. The Morgan fingerprint density at radius 3 is 2.63 bits per heavy atom. The Balaban J connectivity index is 1.46. The van der Waals surface area contributed by atoms with Crippen molar-refractivity contribution in [2.45, 2.75) is 25.3 Å². The number of nitrogens with one attached hydrogen (secondary N) is 1. The Morgan fingerprint density at radius 1 is 1.15 bits per heavy atom. The van der Waals surface area contributed by atoms with E-state index in [0.717, 1.165) is 24.1 Å². The molecule has 5 heteroatoms. The van der Waals surface area contributed by atoms with Gasteiger partial charge in [-0.3, -0.25) is 9.59 Å². The first kappa shape index (κ1) is 17.6. The second-order valence-corrected chi connectivity index (χ2v) is 7.34. The molecule has 1 aliphatic carbocycles. The Morgan fingerprint density at radius 2 is 1.93 bits per heavy atom. The van der Waals surface area contributed by atoms with Gasteiger partial charge in [-0.2, -0.15) is 0 Å². The van der Waals surface area contributed by atoms with Gasteiger partial charge in [-0.25, -0.2) is 0 Å². The second kappa shape index (κ2) is 7.43. The van der Waals surface area contributed by atoms with Crippen molar-refractivity contribution in [3.8, 4) is 5.75 Å². The largest absolute Gasteiger partial charge is 0.497 e. The van der Waals surface area contributed by atoms with Crippen LogP contribution in [-0.2, 0) is 9.59 Å². The number of hydrogen-bond acceptors (Lipinski definition) is 3. The molecule has 27 heavy (non-hydrogen) atoms. The number of anilines is 1. The number of ether oxygens (including phenoxy) is 1. The van der Waals surface area contributed by atoms with Crippen molar-refractivity contribution >= 4 is 17.5 Å². The molecular weight excluding hydrogens is 340 g/mol. The topological polar surface area (TPSA) is 58.6 Å². The maximum absolute atomic E-state index is 12.9. The highest BCUT2D eigenvalue weighted by Crippen LogP contribution is 2.41. The van der Waals surface area contributed by atoms with Gasteiger partial charge in [0.15, 0.2) is 0 Å². The quantitative estimate of drug-likeness (QED) is 0.855. The summed E-state index contributed by atoms with van der Waals surface area (Å²) in [5.41, 5.74) is 1.92. The minimum Gasteiger partial charge on any atom is -0.497 e. The van der Waals surface area contributed by atoms with Gasteiger partial charge in [-0.05, 0) is 36.5 Å². The molecule has 140 valence electrons. The lowest BCUT2D eigenvalue weighted by Crippen LogP contribution is -2.36. The molecule has 1 saturated heterocycles. The van der Waals surface area contributed by atoms with Crippen LogP contribution in [0.1, 0.15) is 30.9 Å². The Labute approximate surface area is 159 Å². The minimum atomic E-state index is -0.325. The highest BCUT2D eigenvalue weighted by molar-refractivity contribution is 6.00. The lowest BCUT2D eigenvalue weighted by molar-refractivity contribution is -0.127. The first-order chi connectivity index (χ1) is 13.2.